The van der Waals surface area contributed by atoms with Crippen molar-refractivity contribution in [1.82, 2.24) is 5.32 Å². The van der Waals surface area contributed by atoms with E-state index >= 15 is 0 Å². The third-order valence-corrected chi connectivity index (χ3v) is 3.53. The first-order valence-corrected chi connectivity index (χ1v) is 5.25. The highest BCUT2D eigenvalue weighted by Crippen LogP contribution is 2.19. The SMILES string of the molecule is CCC1CNC(C(=O)OC)CS1. The van der Waals surface area contributed by atoms with Crippen LogP contribution in [0.2, 0.25) is 0 Å². The number of rotatable bonds is 2. The van der Waals surface area contributed by atoms with Crippen LogP contribution in [0.3, 0.4) is 0 Å². The fraction of sp³-hybridized carbons (Fsp3) is 0.875. The molecule has 0 amide bonds. The summed E-state index contributed by atoms with van der Waals surface area (Å²) in [5.74, 6) is 0.697. The first kappa shape index (κ1) is 9.86. The Morgan fingerprint density at radius 2 is 2.50 bits per heavy atom. The maximum Gasteiger partial charge on any atom is 0.323 e. The van der Waals surface area contributed by atoms with Gasteiger partial charge in [0.25, 0.3) is 0 Å². The molecule has 0 radical (unpaired) electrons. The summed E-state index contributed by atoms with van der Waals surface area (Å²) in [6.45, 7) is 3.08. The van der Waals surface area contributed by atoms with E-state index in [4.69, 9.17) is 0 Å². The molecule has 0 spiro atoms. The molecule has 70 valence electrons. The molecule has 12 heavy (non-hydrogen) atoms. The lowest BCUT2D eigenvalue weighted by Gasteiger charge is -2.26. The van der Waals surface area contributed by atoms with Crippen molar-refractivity contribution >= 4 is 17.7 Å². The molecule has 2 atom stereocenters. The second-order valence-electron chi connectivity index (χ2n) is 2.85. The molecule has 1 heterocycles. The zero-order valence-electron chi connectivity index (χ0n) is 7.50. The van der Waals surface area contributed by atoms with Gasteiger partial charge in [0, 0.05) is 17.5 Å². The van der Waals surface area contributed by atoms with Gasteiger partial charge in [0.15, 0.2) is 0 Å². The summed E-state index contributed by atoms with van der Waals surface area (Å²) >= 11 is 1.85. The van der Waals surface area contributed by atoms with E-state index in [1.807, 2.05) is 11.8 Å². The van der Waals surface area contributed by atoms with Crippen LogP contribution in [0.4, 0.5) is 0 Å². The van der Waals surface area contributed by atoms with Crippen molar-refractivity contribution in [3.63, 3.8) is 0 Å². The number of esters is 1. The van der Waals surface area contributed by atoms with Gasteiger partial charge in [-0.05, 0) is 6.42 Å². The highest BCUT2D eigenvalue weighted by Gasteiger charge is 2.25. The summed E-state index contributed by atoms with van der Waals surface area (Å²) in [5, 5.41) is 3.83. The third kappa shape index (κ3) is 2.38. The Kier molecular flexibility index (Phi) is 3.88. The van der Waals surface area contributed by atoms with Crippen molar-refractivity contribution in [2.75, 3.05) is 19.4 Å². The number of hydrogen-bond acceptors (Lipinski definition) is 4. The topological polar surface area (TPSA) is 38.3 Å². The first-order valence-electron chi connectivity index (χ1n) is 4.20. The van der Waals surface area contributed by atoms with Gasteiger partial charge in [-0.15, -0.1) is 0 Å². The van der Waals surface area contributed by atoms with Crippen LogP contribution in [0, 0.1) is 0 Å². The third-order valence-electron chi connectivity index (χ3n) is 2.03. The Balaban J connectivity index is 2.30. The van der Waals surface area contributed by atoms with E-state index in [0.29, 0.717) is 5.25 Å². The average molecular weight is 189 g/mol. The molecule has 3 nitrogen and oxygen atoms in total. The summed E-state index contributed by atoms with van der Waals surface area (Å²) in [6.07, 6.45) is 1.16. The van der Waals surface area contributed by atoms with Crippen molar-refractivity contribution in [1.29, 1.82) is 0 Å². The van der Waals surface area contributed by atoms with Gasteiger partial charge in [-0.25, -0.2) is 0 Å². The number of ether oxygens (including phenoxy) is 1. The Morgan fingerprint density at radius 3 is 2.92 bits per heavy atom. The Morgan fingerprint density at radius 1 is 1.75 bits per heavy atom. The van der Waals surface area contributed by atoms with Crippen molar-refractivity contribution in [2.45, 2.75) is 24.6 Å². The maximum atomic E-state index is 11.1. The van der Waals surface area contributed by atoms with E-state index in [-0.39, 0.29) is 12.0 Å². The molecule has 2 unspecified atom stereocenters. The van der Waals surface area contributed by atoms with Gasteiger partial charge in [-0.3, -0.25) is 4.79 Å². The van der Waals surface area contributed by atoms with Crippen LogP contribution in [0.15, 0.2) is 0 Å². The number of carbonyl (C=O) groups excluding carboxylic acids is 1. The number of nitrogens with one attached hydrogen (secondary N) is 1. The molecule has 0 aromatic heterocycles. The molecule has 1 N–H and O–H groups in total. The Labute approximate surface area is 77.2 Å². The van der Waals surface area contributed by atoms with Crippen molar-refractivity contribution < 1.29 is 9.53 Å². The summed E-state index contributed by atoms with van der Waals surface area (Å²) < 4.78 is 4.64. The molecular formula is C8H15NO2S. The van der Waals surface area contributed by atoms with Gasteiger partial charge in [0.1, 0.15) is 6.04 Å². The number of methoxy groups -OCH3 is 1. The molecular weight excluding hydrogens is 174 g/mol. The highest BCUT2D eigenvalue weighted by atomic mass is 32.2. The minimum absolute atomic E-state index is 0.0946. The first-order chi connectivity index (χ1) is 5.77. The van der Waals surface area contributed by atoms with E-state index < -0.39 is 0 Å². The molecule has 1 rings (SSSR count). The van der Waals surface area contributed by atoms with Gasteiger partial charge in [-0.1, -0.05) is 6.92 Å². The summed E-state index contributed by atoms with van der Waals surface area (Å²) in [4.78, 5) is 11.1. The summed E-state index contributed by atoms with van der Waals surface area (Å²) in [6, 6.07) is -0.0946. The lowest BCUT2D eigenvalue weighted by molar-refractivity contribution is -0.142. The Hall–Kier alpha value is -0.220. The van der Waals surface area contributed by atoms with Gasteiger partial charge in [-0.2, -0.15) is 11.8 Å². The minimum atomic E-state index is -0.142. The number of carbonyl (C=O) groups is 1. The molecule has 0 aromatic carbocycles. The predicted octanol–water partition coefficient (Wildman–Crippen LogP) is 0.643. The smallest absolute Gasteiger partial charge is 0.323 e. The monoisotopic (exact) mass is 189 g/mol. The van der Waals surface area contributed by atoms with Crippen molar-refractivity contribution in [3.8, 4) is 0 Å². The fourth-order valence-electron chi connectivity index (χ4n) is 1.18. The largest absolute Gasteiger partial charge is 0.468 e. The molecule has 1 fully saturated rings. The number of hydrogen-bond donors (Lipinski definition) is 1. The molecule has 0 aliphatic carbocycles. The maximum absolute atomic E-state index is 11.1. The Bertz CT molecular complexity index is 155. The predicted molar refractivity (Wildman–Crippen MR) is 50.3 cm³/mol. The second-order valence-corrected chi connectivity index (χ2v) is 4.18. The summed E-state index contributed by atoms with van der Waals surface area (Å²) in [5.41, 5.74) is 0. The number of thioether (sulfide) groups is 1. The summed E-state index contributed by atoms with van der Waals surface area (Å²) in [7, 11) is 1.43. The van der Waals surface area contributed by atoms with Crippen molar-refractivity contribution in [3.05, 3.63) is 0 Å². The molecule has 0 aromatic rings. The highest BCUT2D eigenvalue weighted by molar-refractivity contribution is 8.00. The lowest BCUT2D eigenvalue weighted by Crippen LogP contribution is -2.46. The van der Waals surface area contributed by atoms with E-state index in [1.54, 1.807) is 0 Å². The standard InChI is InChI=1S/C8H15NO2S/c1-3-6-4-9-7(5-12-6)8(10)11-2/h6-7,9H,3-5H2,1-2H3. The average Bonchev–Trinajstić information content (AvgIpc) is 2.17. The molecule has 1 aliphatic heterocycles. The van der Waals surface area contributed by atoms with Crippen LogP contribution in [0.5, 0.6) is 0 Å². The van der Waals surface area contributed by atoms with Gasteiger partial charge < -0.3 is 10.1 Å². The van der Waals surface area contributed by atoms with Gasteiger partial charge in [0.05, 0.1) is 7.11 Å². The van der Waals surface area contributed by atoms with E-state index in [2.05, 4.69) is 17.0 Å². The fourth-order valence-corrected chi connectivity index (χ4v) is 2.35. The van der Waals surface area contributed by atoms with Gasteiger partial charge >= 0.3 is 5.97 Å². The van der Waals surface area contributed by atoms with E-state index in [9.17, 15) is 4.79 Å². The minimum Gasteiger partial charge on any atom is -0.468 e. The lowest BCUT2D eigenvalue weighted by atomic mass is 10.2. The van der Waals surface area contributed by atoms with Crippen LogP contribution in [-0.2, 0) is 9.53 Å². The molecule has 1 saturated heterocycles. The molecule has 4 heteroatoms. The second kappa shape index (κ2) is 4.72. The van der Waals surface area contributed by atoms with E-state index in [0.717, 1.165) is 18.7 Å². The molecule has 0 bridgehead atoms. The van der Waals surface area contributed by atoms with Crippen molar-refractivity contribution in [2.24, 2.45) is 0 Å². The van der Waals surface area contributed by atoms with Crippen LogP contribution < -0.4 is 5.32 Å². The zero-order valence-corrected chi connectivity index (χ0v) is 8.32. The van der Waals surface area contributed by atoms with Crippen LogP contribution in [0.25, 0.3) is 0 Å². The quantitative estimate of drug-likeness (QED) is 0.647. The van der Waals surface area contributed by atoms with E-state index in [1.165, 1.54) is 7.11 Å². The van der Waals surface area contributed by atoms with Crippen LogP contribution in [-0.4, -0.2) is 36.7 Å². The zero-order chi connectivity index (χ0) is 8.97. The van der Waals surface area contributed by atoms with Crippen LogP contribution >= 0.6 is 11.8 Å². The molecule has 0 saturated carbocycles. The molecule has 1 aliphatic rings. The normalized spacial score (nSPS) is 29.8. The van der Waals surface area contributed by atoms with Crippen LogP contribution in [0.1, 0.15) is 13.3 Å². The van der Waals surface area contributed by atoms with Gasteiger partial charge in [0.2, 0.25) is 0 Å².